The van der Waals surface area contributed by atoms with E-state index in [-0.39, 0.29) is 23.5 Å². The van der Waals surface area contributed by atoms with Crippen LogP contribution in [-0.2, 0) is 12.8 Å². The lowest BCUT2D eigenvalue weighted by Crippen LogP contribution is -2.30. The van der Waals surface area contributed by atoms with Crippen molar-refractivity contribution >= 4 is 39.7 Å². The van der Waals surface area contributed by atoms with Crippen LogP contribution in [0.25, 0.3) is 5.65 Å². The van der Waals surface area contributed by atoms with Crippen molar-refractivity contribution in [2.45, 2.75) is 63.3 Å². The maximum atomic E-state index is 13.4. The van der Waals surface area contributed by atoms with Gasteiger partial charge in [-0.05, 0) is 87.7 Å². The third-order valence-corrected chi connectivity index (χ3v) is 9.55. The number of ketones is 1. The number of carbonyl (C=O) groups excluding carboxylic acids is 3. The topological polar surface area (TPSA) is 131 Å². The van der Waals surface area contributed by atoms with E-state index in [0.717, 1.165) is 62.6 Å². The summed E-state index contributed by atoms with van der Waals surface area (Å²) in [6, 6.07) is 11.7. The van der Waals surface area contributed by atoms with Crippen molar-refractivity contribution in [2.24, 2.45) is 11.7 Å². The number of rotatable bonds is 7. The van der Waals surface area contributed by atoms with Gasteiger partial charge in [-0.25, -0.2) is 9.97 Å². The first-order valence-electron chi connectivity index (χ1n) is 14.3. The maximum absolute atomic E-state index is 13.4. The van der Waals surface area contributed by atoms with Gasteiger partial charge < -0.3 is 15.5 Å². The van der Waals surface area contributed by atoms with Gasteiger partial charge in [-0.1, -0.05) is 18.6 Å². The van der Waals surface area contributed by atoms with Crippen molar-refractivity contribution in [1.29, 1.82) is 0 Å². The molecule has 2 aliphatic carbocycles. The molecule has 3 atom stereocenters. The van der Waals surface area contributed by atoms with Crippen LogP contribution in [0.5, 0.6) is 0 Å². The molecule has 2 aliphatic rings. The number of nitrogens with two attached hydrogens (primary N) is 1. The number of Topliss-reactive ketones (excluding diaryl/α,β-unsaturated/α-hetero) is 1. The second kappa shape index (κ2) is 11.5. The van der Waals surface area contributed by atoms with Gasteiger partial charge >= 0.3 is 0 Å². The number of hydrogen-bond acceptors (Lipinski definition) is 7. The molecule has 3 aromatic heterocycles. The number of fused-ring (bicyclic) bond motifs is 2. The zero-order valence-corrected chi connectivity index (χ0v) is 23.9. The summed E-state index contributed by atoms with van der Waals surface area (Å²) in [7, 11) is 1.99. The molecular weight excluding hydrogens is 536 g/mol. The number of thiazole rings is 1. The number of aromatic nitrogens is 3. The lowest BCUT2D eigenvalue weighted by Gasteiger charge is -2.19. The highest BCUT2D eigenvalue weighted by molar-refractivity contribution is 7.15. The number of carbonyl (C=O) groups is 3. The van der Waals surface area contributed by atoms with Crippen molar-refractivity contribution < 1.29 is 14.4 Å². The maximum Gasteiger partial charge on any atom is 0.257 e. The minimum atomic E-state index is -0.519. The fourth-order valence-electron chi connectivity index (χ4n) is 6.14. The molecule has 4 aromatic rings. The largest absolute Gasteiger partial charge is 0.366 e. The van der Waals surface area contributed by atoms with Crippen LogP contribution in [0.1, 0.15) is 91.8 Å². The molecule has 212 valence electrons. The first-order chi connectivity index (χ1) is 19.9. The van der Waals surface area contributed by atoms with E-state index < -0.39 is 5.91 Å². The van der Waals surface area contributed by atoms with Crippen molar-refractivity contribution in [3.8, 4) is 0 Å². The highest BCUT2D eigenvalue weighted by atomic mass is 32.1. The molecule has 9 nitrogen and oxygen atoms in total. The van der Waals surface area contributed by atoms with E-state index in [0.29, 0.717) is 33.6 Å². The van der Waals surface area contributed by atoms with E-state index in [1.165, 1.54) is 4.88 Å². The van der Waals surface area contributed by atoms with E-state index >= 15 is 0 Å². The first-order valence-corrected chi connectivity index (χ1v) is 15.1. The van der Waals surface area contributed by atoms with Crippen LogP contribution in [0.3, 0.4) is 0 Å². The van der Waals surface area contributed by atoms with Gasteiger partial charge in [-0.15, -0.1) is 11.3 Å². The van der Waals surface area contributed by atoms with Crippen LogP contribution in [0.4, 0.5) is 5.13 Å². The Morgan fingerprint density at radius 3 is 2.71 bits per heavy atom. The molecule has 0 radical (unpaired) electrons. The number of nitrogens with one attached hydrogen (secondary N) is 2. The normalized spacial score (nSPS) is 20.8. The van der Waals surface area contributed by atoms with Gasteiger partial charge in [0.1, 0.15) is 11.3 Å². The summed E-state index contributed by atoms with van der Waals surface area (Å²) in [5, 5.41) is 7.03. The van der Waals surface area contributed by atoms with E-state index in [2.05, 4.69) is 26.7 Å². The van der Waals surface area contributed by atoms with Crippen molar-refractivity contribution in [2.75, 3.05) is 12.4 Å². The van der Waals surface area contributed by atoms with Crippen molar-refractivity contribution in [3.05, 3.63) is 81.7 Å². The molecule has 1 unspecified atom stereocenters. The molecule has 10 heteroatoms. The molecule has 41 heavy (non-hydrogen) atoms. The van der Waals surface area contributed by atoms with Gasteiger partial charge in [0, 0.05) is 34.8 Å². The summed E-state index contributed by atoms with van der Waals surface area (Å²) in [5.41, 5.74) is 9.65. The standard InChI is InChI=1S/C31H34N6O3S/c1-33-23-11-12-24-26(15-23)41-31(35-24)36-30(40)21-7-3-6-20(14-21)18-4-2-5-19(9-8-18)28(38)25-17-37-16-22(29(32)39)10-13-27(37)34-25/h3,6-7,10,13-14,16-19,23,33H,2,4-5,8-9,11-12,15H2,1H3,(H2,32,39)(H,35,36,40)/t18-,19?,23-/m0/s1. The molecule has 3 heterocycles. The third-order valence-electron chi connectivity index (χ3n) is 8.52. The molecule has 0 aliphatic heterocycles. The minimum absolute atomic E-state index is 0.0373. The number of anilines is 1. The number of amides is 2. The van der Waals surface area contributed by atoms with Gasteiger partial charge in [-0.3, -0.25) is 19.7 Å². The lowest BCUT2D eigenvalue weighted by atomic mass is 9.89. The average Bonchev–Trinajstić information content (AvgIpc) is 3.51. The second-order valence-electron chi connectivity index (χ2n) is 11.1. The second-order valence-corrected chi connectivity index (χ2v) is 12.2. The molecule has 0 spiro atoms. The zero-order valence-electron chi connectivity index (χ0n) is 23.1. The van der Waals surface area contributed by atoms with Crippen LogP contribution in [0.2, 0.25) is 0 Å². The lowest BCUT2D eigenvalue weighted by molar-refractivity contribution is 0.0902. The van der Waals surface area contributed by atoms with Crippen LogP contribution in [-0.4, -0.2) is 45.1 Å². The van der Waals surface area contributed by atoms with Gasteiger partial charge in [0.25, 0.3) is 5.91 Å². The summed E-state index contributed by atoms with van der Waals surface area (Å²) in [6.07, 6.45) is 10.6. The SMILES string of the molecule is CN[C@H]1CCc2nc(NC(=O)c3cccc([C@H]4CCCC(C(=O)c5cn6cc(C(N)=O)ccc6n5)CC4)c3)sc2C1. The molecule has 1 saturated carbocycles. The summed E-state index contributed by atoms with van der Waals surface area (Å²) in [4.78, 5) is 48.5. The smallest absolute Gasteiger partial charge is 0.257 e. The Morgan fingerprint density at radius 1 is 1.00 bits per heavy atom. The Kier molecular flexibility index (Phi) is 7.68. The molecular formula is C31H34N6O3S. The number of pyridine rings is 1. The first kappa shape index (κ1) is 27.3. The Labute approximate surface area is 242 Å². The third kappa shape index (κ3) is 5.80. The minimum Gasteiger partial charge on any atom is -0.366 e. The van der Waals surface area contributed by atoms with Crippen LogP contribution >= 0.6 is 11.3 Å². The summed E-state index contributed by atoms with van der Waals surface area (Å²) in [5.74, 6) is -0.447. The zero-order chi connectivity index (χ0) is 28.5. The average molecular weight is 571 g/mol. The molecule has 1 aromatic carbocycles. The number of primary amides is 1. The number of hydrogen-bond donors (Lipinski definition) is 3. The van der Waals surface area contributed by atoms with Gasteiger partial charge in [0.15, 0.2) is 10.9 Å². The van der Waals surface area contributed by atoms with E-state index in [1.54, 1.807) is 40.3 Å². The number of benzene rings is 1. The van der Waals surface area contributed by atoms with Crippen molar-refractivity contribution in [3.63, 3.8) is 0 Å². The highest BCUT2D eigenvalue weighted by Gasteiger charge is 2.28. The molecule has 0 bridgehead atoms. The Morgan fingerprint density at radius 2 is 1.88 bits per heavy atom. The fourth-order valence-corrected chi connectivity index (χ4v) is 7.22. The molecule has 0 saturated heterocycles. The predicted octanol–water partition coefficient (Wildman–Crippen LogP) is 4.77. The summed E-state index contributed by atoms with van der Waals surface area (Å²) in [6.45, 7) is 0. The van der Waals surface area contributed by atoms with Crippen LogP contribution in [0, 0.1) is 5.92 Å². The van der Waals surface area contributed by atoms with Crippen LogP contribution < -0.4 is 16.4 Å². The van der Waals surface area contributed by atoms with E-state index in [1.807, 2.05) is 25.2 Å². The summed E-state index contributed by atoms with van der Waals surface area (Å²) >= 11 is 1.57. The number of imidazole rings is 1. The number of likely N-dealkylation sites (N-methyl/N-ethyl adjacent to an activating group) is 1. The van der Waals surface area contributed by atoms with Crippen molar-refractivity contribution in [1.82, 2.24) is 19.7 Å². The molecule has 1 fully saturated rings. The Balaban J connectivity index is 1.10. The molecule has 4 N–H and O–H groups in total. The van der Waals surface area contributed by atoms with E-state index in [9.17, 15) is 14.4 Å². The monoisotopic (exact) mass is 570 g/mol. The fraction of sp³-hybridized carbons (Fsp3) is 0.387. The summed E-state index contributed by atoms with van der Waals surface area (Å²) < 4.78 is 1.68. The van der Waals surface area contributed by atoms with Gasteiger partial charge in [-0.2, -0.15) is 0 Å². The highest BCUT2D eigenvalue weighted by Crippen LogP contribution is 2.36. The number of nitrogens with zero attached hydrogens (tertiary/aromatic N) is 3. The quantitative estimate of drug-likeness (QED) is 0.217. The Bertz CT molecular complexity index is 1630. The van der Waals surface area contributed by atoms with Crippen LogP contribution in [0.15, 0.2) is 48.8 Å². The van der Waals surface area contributed by atoms with Gasteiger partial charge in [0.05, 0.1) is 11.3 Å². The predicted molar refractivity (Wildman–Crippen MR) is 159 cm³/mol. The Hall–Kier alpha value is -3.89. The number of aryl methyl sites for hydroxylation is 1. The van der Waals surface area contributed by atoms with Gasteiger partial charge in [0.2, 0.25) is 5.91 Å². The van der Waals surface area contributed by atoms with E-state index in [4.69, 9.17) is 5.73 Å². The molecule has 2 amide bonds. The molecule has 6 rings (SSSR count).